The molecular formula is C39H46ClN5O9. The van der Waals surface area contributed by atoms with E-state index in [1.165, 1.54) is 25.2 Å². The monoisotopic (exact) mass is 763 g/mol. The molecule has 5 rings (SSSR count). The number of hydrogen-bond donors (Lipinski definition) is 4. The van der Waals surface area contributed by atoms with Gasteiger partial charge in [0.15, 0.2) is 5.72 Å². The van der Waals surface area contributed by atoms with Gasteiger partial charge >= 0.3 is 12.2 Å². The van der Waals surface area contributed by atoms with Gasteiger partial charge in [-0.1, -0.05) is 54.6 Å². The number of carbonyl (C=O) groups is 3. The van der Waals surface area contributed by atoms with Gasteiger partial charge in [-0.25, -0.2) is 14.6 Å². The van der Waals surface area contributed by atoms with Crippen LogP contribution in [-0.4, -0.2) is 86.0 Å². The Hall–Kier alpha value is -5.15. The first-order valence-corrected chi connectivity index (χ1v) is 17.6. The number of methoxy groups -OCH3 is 2. The molecule has 0 aromatic heterocycles. The first-order chi connectivity index (χ1) is 25.6. The van der Waals surface area contributed by atoms with Gasteiger partial charge in [0.1, 0.15) is 40.5 Å². The molecular weight excluding hydrogens is 718 g/mol. The second kappa shape index (κ2) is 16.5. The van der Waals surface area contributed by atoms with Crippen LogP contribution in [0.25, 0.3) is 6.08 Å². The predicted octanol–water partition coefficient (Wildman–Crippen LogP) is 5.94. The number of carbonyl (C=O) groups excluding carboxylic acids is 3. The zero-order valence-electron chi connectivity index (χ0n) is 30.9. The lowest BCUT2D eigenvalue weighted by atomic mass is 9.90. The molecule has 3 aliphatic heterocycles. The van der Waals surface area contributed by atoms with E-state index in [1.54, 1.807) is 62.5 Å². The summed E-state index contributed by atoms with van der Waals surface area (Å²) >= 11 is 6.75. The molecule has 15 heteroatoms. The highest BCUT2D eigenvalue weighted by atomic mass is 35.5. The number of benzene rings is 2. The van der Waals surface area contributed by atoms with E-state index in [1.807, 2.05) is 13.0 Å². The molecule has 3 heterocycles. The number of amides is 3. The smallest absolute Gasteiger partial charge is 0.412 e. The summed E-state index contributed by atoms with van der Waals surface area (Å²) < 4.78 is 28.8. The maximum absolute atomic E-state index is 14.1. The molecule has 0 aliphatic carbocycles. The third-order valence-corrected chi connectivity index (χ3v) is 10.1. The van der Waals surface area contributed by atoms with Crippen LogP contribution in [0.2, 0.25) is 5.02 Å². The molecule has 54 heavy (non-hydrogen) atoms. The largest absolute Gasteiger partial charge is 0.495 e. The number of ether oxygens (including phenoxy) is 5. The third-order valence-electron chi connectivity index (χ3n) is 9.70. The molecule has 6 atom stereocenters. The van der Waals surface area contributed by atoms with E-state index in [0.717, 1.165) is 11.1 Å². The third kappa shape index (κ3) is 8.96. The van der Waals surface area contributed by atoms with Crippen LogP contribution in [0.3, 0.4) is 0 Å². The number of anilines is 2. The van der Waals surface area contributed by atoms with Crippen LogP contribution in [-0.2, 0) is 30.2 Å². The summed E-state index contributed by atoms with van der Waals surface area (Å²) in [5, 5.41) is 17.1. The zero-order valence-corrected chi connectivity index (χ0v) is 31.6. The molecule has 4 bridgehead atoms. The van der Waals surface area contributed by atoms with E-state index in [0.29, 0.717) is 34.8 Å². The van der Waals surface area contributed by atoms with Gasteiger partial charge in [0, 0.05) is 38.2 Å². The van der Waals surface area contributed by atoms with Crippen molar-refractivity contribution in [3.8, 4) is 5.75 Å². The minimum Gasteiger partial charge on any atom is -0.495 e. The van der Waals surface area contributed by atoms with Gasteiger partial charge in [-0.05, 0) is 62.2 Å². The number of nitrogens with one attached hydrogen (secondary N) is 2. The Labute approximate surface area is 319 Å². The fourth-order valence-corrected chi connectivity index (χ4v) is 6.92. The normalized spacial score (nSPS) is 29.0. The van der Waals surface area contributed by atoms with Crippen LogP contribution in [0.5, 0.6) is 5.75 Å². The number of halogens is 1. The molecule has 2 fully saturated rings. The van der Waals surface area contributed by atoms with Gasteiger partial charge in [-0.3, -0.25) is 15.4 Å². The molecule has 3 amide bonds. The van der Waals surface area contributed by atoms with Crippen molar-refractivity contribution in [3.05, 3.63) is 89.5 Å². The van der Waals surface area contributed by atoms with E-state index in [4.69, 9.17) is 41.0 Å². The number of aliphatic imine (C=N–C) groups is 1. The molecule has 288 valence electrons. The number of rotatable bonds is 7. The van der Waals surface area contributed by atoms with Gasteiger partial charge in [-0.15, -0.1) is 0 Å². The maximum Gasteiger partial charge on any atom is 0.412 e. The fraction of sp³-hybridized carbons (Fsp3) is 0.385. The second-order valence-electron chi connectivity index (χ2n) is 13.6. The van der Waals surface area contributed by atoms with E-state index in [9.17, 15) is 19.5 Å². The van der Waals surface area contributed by atoms with Crippen molar-refractivity contribution in [1.29, 1.82) is 0 Å². The number of allylic oxidation sites excluding steroid dienone is 3. The molecule has 0 unspecified atom stereocenters. The van der Waals surface area contributed by atoms with Crippen molar-refractivity contribution in [2.24, 2.45) is 10.7 Å². The highest BCUT2D eigenvalue weighted by Crippen LogP contribution is 2.47. The highest BCUT2D eigenvalue weighted by Gasteiger charge is 2.61. The van der Waals surface area contributed by atoms with Crippen LogP contribution < -0.4 is 26.0 Å². The topological polar surface area (TPSA) is 187 Å². The Morgan fingerprint density at radius 2 is 2.00 bits per heavy atom. The molecule has 2 aromatic rings. The van der Waals surface area contributed by atoms with Gasteiger partial charge < -0.3 is 39.4 Å². The average Bonchev–Trinajstić information content (AvgIpc) is 3.78. The Bertz CT molecular complexity index is 1910. The van der Waals surface area contributed by atoms with Gasteiger partial charge in [-0.2, -0.15) is 0 Å². The quantitative estimate of drug-likeness (QED) is 0.149. The maximum atomic E-state index is 14.1. The number of nitrogens with zero attached hydrogens (tertiary/aromatic N) is 2. The van der Waals surface area contributed by atoms with Crippen molar-refractivity contribution in [2.45, 2.75) is 75.3 Å². The summed E-state index contributed by atoms with van der Waals surface area (Å²) in [5.74, 6) is 0.147. The van der Waals surface area contributed by atoms with Gasteiger partial charge in [0.05, 0.1) is 31.0 Å². The Kier molecular flexibility index (Phi) is 12.2. The molecule has 0 saturated carbocycles. The number of aliphatic hydroxyl groups is 1. The van der Waals surface area contributed by atoms with Gasteiger partial charge in [0.2, 0.25) is 5.91 Å². The summed E-state index contributed by atoms with van der Waals surface area (Å²) in [4.78, 5) is 46.0. The summed E-state index contributed by atoms with van der Waals surface area (Å²) in [6.07, 6.45) is 3.25. The van der Waals surface area contributed by atoms with Crippen molar-refractivity contribution in [1.82, 2.24) is 5.32 Å². The molecule has 2 aromatic carbocycles. The second-order valence-corrected chi connectivity index (χ2v) is 13.9. The number of fused-ring (bicyclic) bond motifs is 5. The lowest BCUT2D eigenvalue weighted by Gasteiger charge is -2.40. The van der Waals surface area contributed by atoms with Crippen LogP contribution in [0.4, 0.5) is 26.7 Å². The molecule has 2 saturated heterocycles. The van der Waals surface area contributed by atoms with Crippen molar-refractivity contribution in [3.63, 3.8) is 0 Å². The first-order valence-electron chi connectivity index (χ1n) is 17.2. The summed E-state index contributed by atoms with van der Waals surface area (Å²) in [6, 6.07) is 8.48. The number of epoxide rings is 1. The number of amidine groups is 1. The van der Waals surface area contributed by atoms with Gasteiger partial charge in [0.25, 0.3) is 0 Å². The highest BCUT2D eigenvalue weighted by molar-refractivity contribution is 6.35. The van der Waals surface area contributed by atoms with Crippen LogP contribution in [0.1, 0.15) is 44.2 Å². The van der Waals surface area contributed by atoms with Crippen LogP contribution in [0.15, 0.2) is 78.4 Å². The average molecular weight is 764 g/mol. The van der Waals surface area contributed by atoms with E-state index >= 15 is 0 Å². The minimum atomic E-state index is -1.81. The number of nitrogens with two attached hydrogens (primary N) is 1. The van der Waals surface area contributed by atoms with E-state index in [-0.39, 0.29) is 30.1 Å². The van der Waals surface area contributed by atoms with Crippen molar-refractivity contribution < 1.29 is 43.2 Å². The zero-order chi connectivity index (χ0) is 39.4. The lowest BCUT2D eigenvalue weighted by molar-refractivity contribution is -0.135. The van der Waals surface area contributed by atoms with E-state index in [2.05, 4.69) is 28.8 Å². The SMILES string of the molecule is C=CC(N)=Nc1ccc(NC(=O)O[C@H]2CC(=O)N(C)c3cc(cc(OC)c3Cl)C/C(C)=C/C=C/[C@@H](OC)[C@@]3(O)C[C@@H](C[C@@H]4O[C@@]24C)OC(=O)N3)cc1C=C. The van der Waals surface area contributed by atoms with E-state index < -0.39 is 53.8 Å². The lowest BCUT2D eigenvalue weighted by Crippen LogP contribution is -2.62. The number of alkyl carbamates (subject to hydrolysis) is 1. The summed E-state index contributed by atoms with van der Waals surface area (Å²) in [5.41, 5.74) is 6.41. The Morgan fingerprint density at radius 3 is 2.69 bits per heavy atom. The predicted molar refractivity (Wildman–Crippen MR) is 206 cm³/mol. The molecule has 0 radical (unpaired) electrons. The van der Waals surface area contributed by atoms with Crippen molar-refractivity contribution in [2.75, 3.05) is 31.5 Å². The molecule has 0 spiro atoms. The van der Waals surface area contributed by atoms with Crippen molar-refractivity contribution >= 4 is 58.7 Å². The molecule has 14 nitrogen and oxygen atoms in total. The fourth-order valence-electron chi connectivity index (χ4n) is 6.61. The van der Waals surface area contributed by atoms with Crippen LogP contribution in [0, 0.1) is 0 Å². The Morgan fingerprint density at radius 1 is 1.24 bits per heavy atom. The van der Waals surface area contributed by atoms with Crippen LogP contribution >= 0.6 is 11.6 Å². The first kappa shape index (κ1) is 40.0. The minimum absolute atomic E-state index is 0.0395. The Balaban J connectivity index is 1.49. The molecule has 3 aliphatic rings. The molecule has 5 N–H and O–H groups in total. The summed E-state index contributed by atoms with van der Waals surface area (Å²) in [6.45, 7) is 11.1. The standard InChI is InChI=1S/C39H46ClN5O9/c1-8-24-18-25(13-14-27(24)43-33(41)9-2)42-36(47)53-31-20-34(46)45(5)28-16-23(17-29(50-6)35(28)40)15-22(3)11-10-12-30(51-7)39(49)21-26(52-37(48)44-39)19-32-38(31,4)54-32/h8-14,16-18,26,30-32,49H,1-2,15,19-21H2,3-7H3,(H2,41,43)(H,42,47)(H,44,48)/b12-10+,22-11+/t26-,30-,31+,32+,38+,39+/m1/s1. The summed E-state index contributed by atoms with van der Waals surface area (Å²) in [7, 11) is 4.49. The number of hydrogen-bond acceptors (Lipinski definition) is 10.